The fourth-order valence-electron chi connectivity index (χ4n) is 2.43. The second-order valence-corrected chi connectivity index (χ2v) is 7.86. The number of hydrogen-bond acceptors (Lipinski definition) is 5. The highest BCUT2D eigenvalue weighted by Gasteiger charge is 2.30. The Hall–Kier alpha value is -3.31. The summed E-state index contributed by atoms with van der Waals surface area (Å²) >= 11 is 0. The van der Waals surface area contributed by atoms with Crippen molar-refractivity contribution in [2.24, 2.45) is 0 Å². The highest BCUT2D eigenvalue weighted by molar-refractivity contribution is 7.89. The molecule has 0 fully saturated rings. The Morgan fingerprint density at radius 3 is 2.43 bits per heavy atom. The first-order chi connectivity index (χ1) is 14.1. The molecular weight excluding hydrogens is 421 g/mol. The molecule has 2 heterocycles. The van der Waals surface area contributed by atoms with E-state index < -0.39 is 28.7 Å². The van der Waals surface area contributed by atoms with Gasteiger partial charge in [-0.2, -0.15) is 13.2 Å². The molecule has 7 nitrogen and oxygen atoms in total. The van der Waals surface area contributed by atoms with Crippen molar-refractivity contribution in [3.05, 3.63) is 72.7 Å². The number of pyridine rings is 2. The molecule has 0 aliphatic rings. The number of benzene rings is 1. The number of sulfonamides is 1. The van der Waals surface area contributed by atoms with Crippen LogP contribution in [0.4, 0.5) is 19.0 Å². The van der Waals surface area contributed by atoms with Crippen LogP contribution in [0.5, 0.6) is 0 Å². The third kappa shape index (κ3) is 5.61. The minimum Gasteiger partial charge on any atom is -0.307 e. The molecular formula is C19H15F3N4O3S. The largest absolute Gasteiger partial charge is 0.402 e. The minimum atomic E-state index is -4.66. The van der Waals surface area contributed by atoms with Gasteiger partial charge in [-0.1, -0.05) is 12.1 Å². The van der Waals surface area contributed by atoms with E-state index in [4.69, 9.17) is 0 Å². The number of rotatable bonds is 6. The van der Waals surface area contributed by atoms with Crippen molar-refractivity contribution >= 4 is 21.7 Å². The molecule has 2 N–H and O–H groups in total. The van der Waals surface area contributed by atoms with Crippen molar-refractivity contribution in [1.29, 1.82) is 0 Å². The van der Waals surface area contributed by atoms with Crippen molar-refractivity contribution in [1.82, 2.24) is 14.7 Å². The van der Waals surface area contributed by atoms with Crippen molar-refractivity contribution in [2.75, 3.05) is 11.9 Å². The van der Waals surface area contributed by atoms with Crippen LogP contribution in [-0.4, -0.2) is 37.0 Å². The first kappa shape index (κ1) is 21.4. The summed E-state index contributed by atoms with van der Waals surface area (Å²) in [7, 11) is -4.33. The van der Waals surface area contributed by atoms with Crippen LogP contribution in [0, 0.1) is 0 Å². The van der Waals surface area contributed by atoms with Gasteiger partial charge in [-0.25, -0.2) is 18.1 Å². The molecule has 0 bridgehead atoms. The van der Waals surface area contributed by atoms with Gasteiger partial charge in [-0.15, -0.1) is 0 Å². The van der Waals surface area contributed by atoms with E-state index in [2.05, 4.69) is 15.3 Å². The Morgan fingerprint density at radius 2 is 1.80 bits per heavy atom. The zero-order valence-corrected chi connectivity index (χ0v) is 16.0. The molecule has 0 radical (unpaired) electrons. The monoisotopic (exact) mass is 436 g/mol. The summed E-state index contributed by atoms with van der Waals surface area (Å²) in [6, 6.07) is 11.8. The number of nitrogens with one attached hydrogen (secondary N) is 2. The first-order valence-electron chi connectivity index (χ1n) is 8.48. The third-order valence-corrected chi connectivity index (χ3v) is 5.27. The van der Waals surface area contributed by atoms with Gasteiger partial charge in [0.2, 0.25) is 10.0 Å². The molecule has 0 atom stereocenters. The first-order valence-corrected chi connectivity index (χ1v) is 9.97. The summed E-state index contributed by atoms with van der Waals surface area (Å²) in [5.41, 5.74) is 1.30. The number of anilines is 1. The Kier molecular flexibility index (Phi) is 6.13. The molecule has 0 spiro atoms. The topological polar surface area (TPSA) is 101 Å². The number of alkyl halides is 3. The van der Waals surface area contributed by atoms with E-state index in [1.165, 1.54) is 47.6 Å². The van der Waals surface area contributed by atoms with Crippen molar-refractivity contribution in [3.63, 3.8) is 0 Å². The smallest absolute Gasteiger partial charge is 0.307 e. The van der Waals surface area contributed by atoms with Crippen LogP contribution in [0.3, 0.4) is 0 Å². The van der Waals surface area contributed by atoms with Crippen molar-refractivity contribution in [2.45, 2.75) is 11.1 Å². The van der Waals surface area contributed by atoms with Gasteiger partial charge in [0.25, 0.3) is 5.91 Å². The standard InChI is InChI=1S/C19H15F3N4O3S/c20-19(21,22)12-25-30(28,29)16-5-1-3-13(9-16)14-6-7-17(24-11-14)26-18(27)15-4-2-8-23-10-15/h1-11,25H,12H2,(H,24,26,27). The predicted octanol–water partition coefficient (Wildman–Crippen LogP) is 3.24. The zero-order valence-electron chi connectivity index (χ0n) is 15.2. The molecule has 30 heavy (non-hydrogen) atoms. The lowest BCUT2D eigenvalue weighted by Gasteiger charge is -2.10. The van der Waals surface area contributed by atoms with Gasteiger partial charge in [0.1, 0.15) is 12.4 Å². The SMILES string of the molecule is O=C(Nc1ccc(-c2cccc(S(=O)(=O)NCC(F)(F)F)c2)cn1)c1cccnc1. The molecule has 0 aliphatic carbocycles. The Balaban J connectivity index is 1.75. The van der Waals surface area contributed by atoms with E-state index in [1.54, 1.807) is 24.3 Å². The summed E-state index contributed by atoms with van der Waals surface area (Å²) < 4.78 is 62.6. The maximum absolute atomic E-state index is 12.3. The van der Waals surface area contributed by atoms with E-state index in [9.17, 15) is 26.4 Å². The Bertz CT molecular complexity index is 1140. The third-order valence-electron chi connectivity index (χ3n) is 3.87. The number of nitrogens with zero attached hydrogens (tertiary/aromatic N) is 2. The van der Waals surface area contributed by atoms with E-state index in [1.807, 2.05) is 0 Å². The second-order valence-electron chi connectivity index (χ2n) is 6.10. The van der Waals surface area contributed by atoms with Crippen molar-refractivity contribution in [3.8, 4) is 11.1 Å². The summed E-state index contributed by atoms with van der Waals surface area (Å²) in [6.45, 7) is -1.66. The number of carbonyl (C=O) groups excluding carboxylic acids is 1. The van der Waals surface area contributed by atoms with Gasteiger partial charge in [0.05, 0.1) is 10.5 Å². The lowest BCUT2D eigenvalue weighted by molar-refractivity contribution is -0.121. The summed E-state index contributed by atoms with van der Waals surface area (Å²) in [4.78, 5) is 19.8. The molecule has 2 aromatic heterocycles. The average Bonchev–Trinajstić information content (AvgIpc) is 2.73. The molecule has 0 saturated heterocycles. The van der Waals surface area contributed by atoms with Crippen molar-refractivity contribution < 1.29 is 26.4 Å². The van der Waals surface area contributed by atoms with Gasteiger partial charge in [0, 0.05) is 24.2 Å². The fourth-order valence-corrected chi connectivity index (χ4v) is 3.49. The van der Waals surface area contributed by atoms with Crippen LogP contribution in [0.1, 0.15) is 10.4 Å². The highest BCUT2D eigenvalue weighted by atomic mass is 32.2. The molecule has 11 heteroatoms. The van der Waals surface area contributed by atoms with E-state index in [0.29, 0.717) is 16.7 Å². The lowest BCUT2D eigenvalue weighted by Crippen LogP contribution is -2.33. The Labute approximate surface area is 170 Å². The van der Waals surface area contributed by atoms with E-state index >= 15 is 0 Å². The number of hydrogen-bond donors (Lipinski definition) is 2. The number of aromatic nitrogens is 2. The summed E-state index contributed by atoms with van der Waals surface area (Å²) in [5, 5.41) is 2.60. The molecule has 1 amide bonds. The number of halogens is 3. The van der Waals surface area contributed by atoms with Crippen LogP contribution >= 0.6 is 0 Å². The fraction of sp³-hybridized carbons (Fsp3) is 0.105. The van der Waals surface area contributed by atoms with E-state index in [-0.39, 0.29) is 10.7 Å². The van der Waals surface area contributed by atoms with Crippen LogP contribution in [0.25, 0.3) is 11.1 Å². The molecule has 0 aliphatic heterocycles. The highest BCUT2D eigenvalue weighted by Crippen LogP contribution is 2.23. The normalized spacial score (nSPS) is 11.8. The van der Waals surface area contributed by atoms with Gasteiger partial charge in [-0.3, -0.25) is 9.78 Å². The summed E-state index contributed by atoms with van der Waals surface area (Å²) in [5.74, 6) is -0.129. The van der Waals surface area contributed by atoms with Gasteiger partial charge in [0.15, 0.2) is 0 Å². The maximum atomic E-state index is 12.3. The molecule has 0 unspecified atom stereocenters. The van der Waals surface area contributed by atoms with Crippen LogP contribution < -0.4 is 10.0 Å². The van der Waals surface area contributed by atoms with Gasteiger partial charge < -0.3 is 5.32 Å². The average molecular weight is 436 g/mol. The van der Waals surface area contributed by atoms with Crippen LogP contribution in [0.15, 0.2) is 72.0 Å². The van der Waals surface area contributed by atoms with Crippen LogP contribution in [0.2, 0.25) is 0 Å². The predicted molar refractivity (Wildman–Crippen MR) is 103 cm³/mol. The number of carbonyl (C=O) groups is 1. The number of amides is 1. The molecule has 3 aromatic rings. The zero-order chi connectivity index (χ0) is 21.8. The van der Waals surface area contributed by atoms with E-state index in [0.717, 1.165) is 0 Å². The van der Waals surface area contributed by atoms with Gasteiger partial charge in [-0.05, 0) is 42.0 Å². The second kappa shape index (κ2) is 8.59. The van der Waals surface area contributed by atoms with Crippen LogP contribution in [-0.2, 0) is 10.0 Å². The molecule has 0 saturated carbocycles. The molecule has 3 rings (SSSR count). The van der Waals surface area contributed by atoms with Gasteiger partial charge >= 0.3 is 6.18 Å². The molecule has 1 aromatic carbocycles. The minimum absolute atomic E-state index is 0.267. The quantitative estimate of drug-likeness (QED) is 0.618. The lowest BCUT2D eigenvalue weighted by atomic mass is 10.1. The molecule has 156 valence electrons. The summed E-state index contributed by atoms with van der Waals surface area (Å²) in [6.07, 6.45) is -0.308. The Morgan fingerprint density at radius 1 is 1.00 bits per heavy atom. The maximum Gasteiger partial charge on any atom is 0.402 e.